The molecule has 1 aliphatic heterocycles. The van der Waals surface area contributed by atoms with Gasteiger partial charge in [0, 0.05) is 47.1 Å². The van der Waals surface area contributed by atoms with Crippen molar-refractivity contribution in [3.8, 4) is 0 Å². The number of aromatic carboxylic acids is 1. The molecule has 3 N–H and O–H groups in total. The van der Waals surface area contributed by atoms with E-state index in [1.807, 2.05) is 0 Å². The lowest BCUT2D eigenvalue weighted by Crippen LogP contribution is -2.35. The Kier molecular flexibility index (Phi) is 9.53. The molecular weight excluding hydrogens is 611 g/mol. The first-order valence-electron chi connectivity index (χ1n) is 10.8. The molecule has 0 saturated carbocycles. The monoisotopic (exact) mass is 632 g/mol. The molecule has 0 radical (unpaired) electrons. The summed E-state index contributed by atoms with van der Waals surface area (Å²) in [5, 5.41) is 15.5. The van der Waals surface area contributed by atoms with E-state index in [0.29, 0.717) is 30.3 Å². The quantitative estimate of drug-likeness (QED) is 0.308. The van der Waals surface area contributed by atoms with Crippen molar-refractivity contribution in [2.24, 2.45) is 0 Å². The zero-order valence-electron chi connectivity index (χ0n) is 19.3. The highest BCUT2D eigenvalue weighted by molar-refractivity contribution is 9.10. The topological polar surface area (TPSA) is 112 Å². The molecule has 3 aromatic rings. The summed E-state index contributed by atoms with van der Waals surface area (Å²) in [6.45, 7) is 5.99. The van der Waals surface area contributed by atoms with E-state index in [0.717, 1.165) is 41.4 Å². The van der Waals surface area contributed by atoms with E-state index in [1.54, 1.807) is 18.2 Å². The molecule has 4 rings (SSSR count). The van der Waals surface area contributed by atoms with Gasteiger partial charge in [-0.25, -0.2) is 9.78 Å². The Balaban J connectivity index is 0.00000361. The van der Waals surface area contributed by atoms with E-state index in [2.05, 4.69) is 50.3 Å². The lowest BCUT2D eigenvalue weighted by Gasteiger charge is -2.29. The van der Waals surface area contributed by atoms with Crippen molar-refractivity contribution >= 4 is 86.1 Å². The van der Waals surface area contributed by atoms with E-state index >= 15 is 0 Å². The number of nitrogens with one attached hydrogen (secondary N) is 2. The Bertz CT molecular complexity index is 1310. The number of benzene rings is 1. The number of halogens is 3. The van der Waals surface area contributed by atoms with Crippen molar-refractivity contribution in [1.29, 1.82) is 0 Å². The minimum atomic E-state index is -1.14. The molecule has 3 heterocycles. The molecule has 192 valence electrons. The van der Waals surface area contributed by atoms with Gasteiger partial charge in [-0.3, -0.25) is 14.5 Å². The van der Waals surface area contributed by atoms with Gasteiger partial charge >= 0.3 is 5.97 Å². The van der Waals surface area contributed by atoms with Crippen LogP contribution in [0.3, 0.4) is 0 Å². The van der Waals surface area contributed by atoms with Crippen molar-refractivity contribution in [1.82, 2.24) is 15.2 Å². The van der Waals surface area contributed by atoms with Crippen LogP contribution in [0.2, 0.25) is 4.34 Å². The van der Waals surface area contributed by atoms with Crippen LogP contribution < -0.4 is 10.6 Å². The van der Waals surface area contributed by atoms with Crippen LogP contribution in [0.1, 0.15) is 59.8 Å². The van der Waals surface area contributed by atoms with Gasteiger partial charge in [0.15, 0.2) is 5.01 Å². The number of aromatic nitrogens is 1. The molecule has 0 atom stereocenters. The minimum Gasteiger partial charge on any atom is -0.478 e. The van der Waals surface area contributed by atoms with Gasteiger partial charge in [0.05, 0.1) is 20.5 Å². The average Bonchev–Trinajstić information content (AvgIpc) is 3.44. The summed E-state index contributed by atoms with van der Waals surface area (Å²) in [4.78, 5) is 45.6. The van der Waals surface area contributed by atoms with Crippen LogP contribution in [0.4, 0.5) is 5.69 Å². The Labute approximate surface area is 235 Å². The van der Waals surface area contributed by atoms with E-state index in [1.165, 1.54) is 17.4 Å². The third-order valence-electron chi connectivity index (χ3n) is 5.59. The first kappa shape index (κ1) is 28.5. The number of carboxylic acids is 1. The number of carbonyl (C=O) groups excluding carboxylic acids is 2. The summed E-state index contributed by atoms with van der Waals surface area (Å²) in [7, 11) is 0. The van der Waals surface area contributed by atoms with Gasteiger partial charge in [-0.2, -0.15) is 0 Å². The third-order valence-corrected chi connectivity index (χ3v) is 8.56. The van der Waals surface area contributed by atoms with Crippen molar-refractivity contribution < 1.29 is 19.5 Å². The largest absolute Gasteiger partial charge is 0.478 e. The van der Waals surface area contributed by atoms with Crippen molar-refractivity contribution in [2.75, 3.05) is 11.9 Å². The average molecular weight is 634 g/mol. The summed E-state index contributed by atoms with van der Waals surface area (Å²) in [5.74, 6) is -1.88. The fourth-order valence-corrected chi connectivity index (χ4v) is 6.22. The number of hydrogen-bond donors (Lipinski definition) is 3. The van der Waals surface area contributed by atoms with Crippen LogP contribution in [-0.2, 0) is 19.5 Å². The number of amides is 2. The Hall–Kier alpha value is -2.02. The lowest BCUT2D eigenvalue weighted by molar-refractivity contribution is 0.0695. The summed E-state index contributed by atoms with van der Waals surface area (Å²) in [6.07, 6.45) is 0.781. The Morgan fingerprint density at radius 2 is 1.97 bits per heavy atom. The normalized spacial score (nSPS) is 13.1. The van der Waals surface area contributed by atoms with Crippen LogP contribution in [0.25, 0.3) is 0 Å². The van der Waals surface area contributed by atoms with Crippen LogP contribution >= 0.6 is 62.6 Å². The van der Waals surface area contributed by atoms with E-state index in [4.69, 9.17) is 11.6 Å². The van der Waals surface area contributed by atoms with Crippen molar-refractivity contribution in [3.05, 3.63) is 64.7 Å². The first-order valence-corrected chi connectivity index (χ1v) is 13.6. The van der Waals surface area contributed by atoms with Gasteiger partial charge in [0.25, 0.3) is 11.8 Å². The second-order valence-corrected chi connectivity index (χ2v) is 11.9. The number of thiophene rings is 1. The Morgan fingerprint density at radius 1 is 1.22 bits per heavy atom. The van der Waals surface area contributed by atoms with E-state index in [-0.39, 0.29) is 36.1 Å². The molecule has 8 nitrogen and oxygen atoms in total. The third kappa shape index (κ3) is 6.45. The molecule has 2 amide bonds. The number of fused-ring (bicyclic) bond motifs is 1. The lowest BCUT2D eigenvalue weighted by atomic mass is 10.1. The number of nitrogens with zero attached hydrogens (tertiary/aromatic N) is 2. The van der Waals surface area contributed by atoms with Crippen LogP contribution in [0.15, 0.2) is 28.7 Å². The predicted octanol–water partition coefficient (Wildman–Crippen LogP) is 5.69. The van der Waals surface area contributed by atoms with Crippen LogP contribution in [0, 0.1) is 0 Å². The molecule has 2 aromatic heterocycles. The van der Waals surface area contributed by atoms with Crippen molar-refractivity contribution in [3.63, 3.8) is 0 Å². The van der Waals surface area contributed by atoms with E-state index in [9.17, 15) is 19.5 Å². The Morgan fingerprint density at radius 3 is 2.61 bits per heavy atom. The maximum Gasteiger partial charge on any atom is 0.336 e. The summed E-state index contributed by atoms with van der Waals surface area (Å²) < 4.78 is 0.837. The minimum absolute atomic E-state index is 0. The molecule has 36 heavy (non-hydrogen) atoms. The molecule has 0 bridgehead atoms. The number of carboxylic acid groups (broad SMARTS) is 1. The molecule has 0 unspecified atom stereocenters. The van der Waals surface area contributed by atoms with Crippen LogP contribution in [0.5, 0.6) is 0 Å². The fourth-order valence-electron chi connectivity index (χ4n) is 3.67. The molecule has 13 heteroatoms. The van der Waals surface area contributed by atoms with Crippen LogP contribution in [-0.4, -0.2) is 45.4 Å². The van der Waals surface area contributed by atoms with Gasteiger partial charge in [-0.15, -0.1) is 35.1 Å². The van der Waals surface area contributed by atoms with Gasteiger partial charge in [-0.1, -0.05) is 11.6 Å². The standard InChI is InChI=1S/C23H22BrClN4O4S2.ClH/c1-11(2)29-6-5-15-18(10-29)35-22(28-15)21(31)27-16-8-13(23(32)33)14(24)7-12(16)9-26-20(30)17-3-4-19(25)34-17;/h3-4,7-8,11H,5-6,9-10H2,1-2H3,(H,26,30)(H,27,31)(H,32,33);1H. The predicted molar refractivity (Wildman–Crippen MR) is 148 cm³/mol. The molecular formula is C23H23BrCl2N4O4S2. The maximum atomic E-state index is 13.1. The smallest absolute Gasteiger partial charge is 0.336 e. The number of carbonyl (C=O) groups is 3. The molecule has 1 aromatic carbocycles. The molecule has 0 saturated heterocycles. The zero-order valence-corrected chi connectivity index (χ0v) is 24.1. The maximum absolute atomic E-state index is 13.1. The summed E-state index contributed by atoms with van der Waals surface area (Å²) in [6, 6.07) is 6.62. The molecule has 1 aliphatic rings. The van der Waals surface area contributed by atoms with Gasteiger partial charge in [0.1, 0.15) is 0 Å². The second kappa shape index (κ2) is 12.0. The second-order valence-electron chi connectivity index (χ2n) is 8.24. The number of hydrogen-bond acceptors (Lipinski definition) is 7. The molecule has 0 spiro atoms. The zero-order chi connectivity index (χ0) is 25.3. The molecule has 0 aliphatic carbocycles. The highest BCUT2D eigenvalue weighted by Crippen LogP contribution is 2.30. The van der Waals surface area contributed by atoms with E-state index < -0.39 is 11.9 Å². The summed E-state index contributed by atoms with van der Waals surface area (Å²) >= 11 is 11.7. The number of rotatable bonds is 7. The number of thiazole rings is 1. The summed E-state index contributed by atoms with van der Waals surface area (Å²) in [5.41, 5.74) is 1.75. The SMILES string of the molecule is CC(C)N1CCc2nc(C(=O)Nc3cc(C(=O)O)c(Br)cc3CNC(=O)c3ccc(Cl)s3)sc2C1.Cl. The molecule has 0 fully saturated rings. The van der Waals surface area contributed by atoms with Gasteiger partial charge in [-0.05, 0) is 59.6 Å². The highest BCUT2D eigenvalue weighted by Gasteiger charge is 2.25. The van der Waals surface area contributed by atoms with Gasteiger partial charge in [0.2, 0.25) is 0 Å². The highest BCUT2D eigenvalue weighted by atomic mass is 79.9. The van der Waals surface area contributed by atoms with Gasteiger partial charge < -0.3 is 15.7 Å². The van der Waals surface area contributed by atoms with Crippen molar-refractivity contribution in [2.45, 2.75) is 39.4 Å². The fraction of sp³-hybridized carbons (Fsp3) is 0.304. The number of anilines is 1. The first-order chi connectivity index (χ1) is 16.6.